The quantitative estimate of drug-likeness (QED) is 0.440. The van der Waals surface area contributed by atoms with Gasteiger partial charge in [-0.25, -0.2) is 4.79 Å². The van der Waals surface area contributed by atoms with Crippen molar-refractivity contribution >= 4 is 11.8 Å². The van der Waals surface area contributed by atoms with Gasteiger partial charge in [0.1, 0.15) is 0 Å². The van der Waals surface area contributed by atoms with Crippen LogP contribution in [0.4, 0.5) is 0 Å². The van der Waals surface area contributed by atoms with Crippen molar-refractivity contribution in [3.8, 4) is 0 Å². The van der Waals surface area contributed by atoms with Gasteiger partial charge in [-0.15, -0.1) is 0 Å². The molecular formula is C6H6O4. The van der Waals surface area contributed by atoms with Gasteiger partial charge in [-0.1, -0.05) is 0 Å². The Kier molecular flexibility index (Phi) is 1.05. The third-order valence-electron chi connectivity index (χ3n) is 1.92. The molecule has 4 nitrogen and oxygen atoms in total. The second-order valence-corrected chi connectivity index (χ2v) is 2.53. The Hall–Kier alpha value is -0.900. The largest absolute Gasteiger partial charge is 0.348 e. The van der Waals surface area contributed by atoms with Gasteiger partial charge in [0.2, 0.25) is 0 Å². The van der Waals surface area contributed by atoms with Crippen LogP contribution in [-0.4, -0.2) is 17.9 Å². The van der Waals surface area contributed by atoms with Crippen LogP contribution < -0.4 is 0 Å². The summed E-state index contributed by atoms with van der Waals surface area (Å²) in [6.45, 7) is 0. The van der Waals surface area contributed by atoms with Gasteiger partial charge >= 0.3 is 5.97 Å². The average Bonchev–Trinajstić information content (AvgIpc) is 2.41. The Morgan fingerprint density at radius 2 is 2.20 bits per heavy atom. The lowest BCUT2D eigenvalue weighted by Gasteiger charge is -1.95. The first-order chi connectivity index (χ1) is 4.79. The number of ketones is 1. The number of hydrogen-bond donors (Lipinski definition) is 0. The van der Waals surface area contributed by atoms with Crippen LogP contribution in [0, 0.1) is 5.92 Å². The van der Waals surface area contributed by atoms with Crippen molar-refractivity contribution in [2.24, 2.45) is 5.92 Å². The molecule has 54 valence electrons. The van der Waals surface area contributed by atoms with E-state index >= 15 is 0 Å². The fourth-order valence-corrected chi connectivity index (χ4v) is 1.34. The zero-order valence-corrected chi connectivity index (χ0v) is 5.20. The predicted octanol–water partition coefficient (Wildman–Crippen LogP) is -0.178. The predicted molar refractivity (Wildman–Crippen MR) is 28.7 cm³/mol. The van der Waals surface area contributed by atoms with Crippen molar-refractivity contribution in [1.29, 1.82) is 0 Å². The molecule has 1 aliphatic carbocycles. The van der Waals surface area contributed by atoms with Gasteiger partial charge in [0.25, 0.3) is 0 Å². The third kappa shape index (κ3) is 0.593. The Balaban J connectivity index is 2.24. The van der Waals surface area contributed by atoms with Crippen LogP contribution >= 0.6 is 0 Å². The van der Waals surface area contributed by atoms with E-state index in [1.54, 1.807) is 0 Å². The summed E-state index contributed by atoms with van der Waals surface area (Å²) in [5, 5.41) is 0. The summed E-state index contributed by atoms with van der Waals surface area (Å²) in [7, 11) is 0. The number of rotatable bonds is 0. The molecule has 2 atom stereocenters. The molecule has 2 fully saturated rings. The summed E-state index contributed by atoms with van der Waals surface area (Å²) in [5.41, 5.74) is 0. The first-order valence-electron chi connectivity index (χ1n) is 3.19. The van der Waals surface area contributed by atoms with E-state index in [-0.39, 0.29) is 11.7 Å². The number of hydrogen-bond acceptors (Lipinski definition) is 4. The highest BCUT2D eigenvalue weighted by Crippen LogP contribution is 2.31. The molecule has 2 unspecified atom stereocenters. The van der Waals surface area contributed by atoms with E-state index in [0.717, 1.165) is 0 Å². The minimum Gasteiger partial charge on any atom is -0.297 e. The molecule has 4 heteroatoms. The highest BCUT2D eigenvalue weighted by molar-refractivity contribution is 5.93. The summed E-state index contributed by atoms with van der Waals surface area (Å²) in [6.07, 6.45) is 0.444. The second-order valence-electron chi connectivity index (χ2n) is 2.53. The van der Waals surface area contributed by atoms with Gasteiger partial charge < -0.3 is 0 Å². The molecule has 0 radical (unpaired) electrons. The van der Waals surface area contributed by atoms with Gasteiger partial charge in [-0.2, -0.15) is 4.89 Å². The lowest BCUT2D eigenvalue weighted by Crippen LogP contribution is -2.19. The Bertz CT molecular complexity index is 176. The Morgan fingerprint density at radius 3 is 2.90 bits per heavy atom. The summed E-state index contributed by atoms with van der Waals surface area (Å²) < 4.78 is 0. The van der Waals surface area contributed by atoms with Crippen molar-refractivity contribution < 1.29 is 19.4 Å². The van der Waals surface area contributed by atoms with Crippen molar-refractivity contribution in [2.45, 2.75) is 18.9 Å². The van der Waals surface area contributed by atoms with Crippen molar-refractivity contribution in [3.05, 3.63) is 0 Å². The summed E-state index contributed by atoms with van der Waals surface area (Å²) >= 11 is 0. The van der Waals surface area contributed by atoms with Crippen molar-refractivity contribution in [2.75, 3.05) is 0 Å². The molecule has 0 aromatic carbocycles. The fraction of sp³-hybridized carbons (Fsp3) is 0.667. The Labute approximate surface area is 57.0 Å². The molecule has 0 aromatic rings. The maximum Gasteiger partial charge on any atom is 0.348 e. The van der Waals surface area contributed by atoms with E-state index in [4.69, 9.17) is 0 Å². The Morgan fingerprint density at radius 1 is 1.40 bits per heavy atom. The average molecular weight is 142 g/mol. The molecular weight excluding hydrogens is 136 g/mol. The molecule has 1 saturated heterocycles. The van der Waals surface area contributed by atoms with Crippen molar-refractivity contribution in [1.82, 2.24) is 0 Å². The van der Waals surface area contributed by atoms with E-state index in [1.807, 2.05) is 0 Å². The monoisotopic (exact) mass is 142 g/mol. The first-order valence-corrected chi connectivity index (χ1v) is 3.19. The van der Waals surface area contributed by atoms with E-state index in [0.29, 0.717) is 12.8 Å². The van der Waals surface area contributed by atoms with Gasteiger partial charge in [0, 0.05) is 6.42 Å². The topological polar surface area (TPSA) is 52.6 Å². The first kappa shape index (κ1) is 5.85. The standard InChI is InChI=1S/C6H6O4/c7-4-2-1-3-5(4)9-10-6(3)8/h3,5H,1-2H2. The highest BCUT2D eigenvalue weighted by Gasteiger charge is 2.48. The van der Waals surface area contributed by atoms with Crippen LogP contribution in [0.3, 0.4) is 0 Å². The second kappa shape index (κ2) is 1.79. The zero-order chi connectivity index (χ0) is 7.14. The van der Waals surface area contributed by atoms with Crippen molar-refractivity contribution in [3.63, 3.8) is 0 Å². The molecule has 1 saturated carbocycles. The van der Waals surface area contributed by atoms with Crippen LogP contribution in [0.1, 0.15) is 12.8 Å². The maximum absolute atomic E-state index is 10.8. The lowest BCUT2D eigenvalue weighted by molar-refractivity contribution is -0.256. The van der Waals surface area contributed by atoms with E-state index < -0.39 is 12.1 Å². The molecule has 1 aliphatic heterocycles. The molecule has 0 aromatic heterocycles. The number of fused-ring (bicyclic) bond motifs is 1. The molecule has 2 rings (SSSR count). The van der Waals surface area contributed by atoms with Crippen LogP contribution in [-0.2, 0) is 19.4 Å². The fourth-order valence-electron chi connectivity index (χ4n) is 1.34. The van der Waals surface area contributed by atoms with Gasteiger partial charge in [-0.3, -0.25) is 9.68 Å². The van der Waals surface area contributed by atoms with Crippen LogP contribution in [0.2, 0.25) is 0 Å². The molecule has 0 spiro atoms. The minimum atomic E-state index is -0.590. The van der Waals surface area contributed by atoms with Crippen LogP contribution in [0.15, 0.2) is 0 Å². The smallest absolute Gasteiger partial charge is 0.297 e. The summed E-state index contributed by atoms with van der Waals surface area (Å²) in [4.78, 5) is 30.3. The lowest BCUT2D eigenvalue weighted by atomic mass is 10.1. The number of carbonyl (C=O) groups excluding carboxylic acids is 2. The zero-order valence-electron chi connectivity index (χ0n) is 5.20. The molecule has 1 heterocycles. The minimum absolute atomic E-state index is 0.0177. The van der Waals surface area contributed by atoms with Crippen LogP contribution in [0.25, 0.3) is 0 Å². The molecule has 0 amide bonds. The summed E-state index contributed by atoms with van der Waals surface area (Å²) in [6, 6.07) is 0. The molecule has 0 N–H and O–H groups in total. The van der Waals surface area contributed by atoms with Gasteiger partial charge in [0.05, 0.1) is 5.92 Å². The van der Waals surface area contributed by atoms with Gasteiger partial charge in [0.15, 0.2) is 11.9 Å². The maximum atomic E-state index is 10.8. The van der Waals surface area contributed by atoms with Crippen LogP contribution in [0.5, 0.6) is 0 Å². The third-order valence-corrected chi connectivity index (χ3v) is 1.92. The SMILES string of the molecule is O=C1OOC2C(=O)CCC12. The number of Topliss-reactive ketones (excluding diaryl/α,β-unsaturated/α-hetero) is 1. The van der Waals surface area contributed by atoms with Gasteiger partial charge in [-0.05, 0) is 6.42 Å². The summed E-state index contributed by atoms with van der Waals surface area (Å²) in [5.74, 6) is -0.723. The highest BCUT2D eigenvalue weighted by atomic mass is 17.2. The molecule has 10 heavy (non-hydrogen) atoms. The van der Waals surface area contributed by atoms with E-state index in [1.165, 1.54) is 0 Å². The molecule has 2 aliphatic rings. The van der Waals surface area contributed by atoms with E-state index in [9.17, 15) is 9.59 Å². The normalized spacial score (nSPS) is 38.0. The number of carbonyl (C=O) groups is 2. The van der Waals surface area contributed by atoms with E-state index in [2.05, 4.69) is 9.78 Å². The molecule has 0 bridgehead atoms.